The van der Waals surface area contributed by atoms with Gasteiger partial charge in [-0.15, -0.1) is 0 Å². The standard InChI is InChI=1S/C16H14F3N3O2/c1-10-12(9-20)15(14(24)21-10,16(17,18)19)22-13(23)8-7-11-5-3-2-4-6-11/h2-6H,7-8H2,1H3,(H,21,24)(H,22,23). The minimum Gasteiger partial charge on any atom is -0.330 e. The number of carbonyl (C=O) groups excluding carboxylic acids is 2. The summed E-state index contributed by atoms with van der Waals surface area (Å²) in [5, 5.41) is 12.7. The number of aryl methyl sites for hydroxylation is 1. The second kappa shape index (κ2) is 6.35. The fraction of sp³-hybridized carbons (Fsp3) is 0.312. The lowest BCUT2D eigenvalue weighted by Gasteiger charge is -2.30. The molecule has 0 bridgehead atoms. The van der Waals surface area contributed by atoms with Gasteiger partial charge < -0.3 is 10.6 Å². The summed E-state index contributed by atoms with van der Waals surface area (Å²) in [6, 6.07) is 10.1. The maximum absolute atomic E-state index is 13.5. The van der Waals surface area contributed by atoms with Gasteiger partial charge in [-0.1, -0.05) is 30.3 Å². The molecule has 24 heavy (non-hydrogen) atoms. The monoisotopic (exact) mass is 337 g/mol. The molecule has 1 aliphatic heterocycles. The van der Waals surface area contributed by atoms with Crippen LogP contribution < -0.4 is 10.6 Å². The van der Waals surface area contributed by atoms with Crippen molar-refractivity contribution in [3.8, 4) is 6.07 Å². The summed E-state index contributed by atoms with van der Waals surface area (Å²) in [6.45, 7) is 1.18. The maximum atomic E-state index is 13.5. The Hall–Kier alpha value is -2.82. The van der Waals surface area contributed by atoms with Gasteiger partial charge in [-0.2, -0.15) is 18.4 Å². The Kier molecular flexibility index (Phi) is 4.64. The second-order valence-electron chi connectivity index (χ2n) is 5.35. The van der Waals surface area contributed by atoms with E-state index < -0.39 is 29.1 Å². The third-order valence-electron chi connectivity index (χ3n) is 3.74. The molecule has 0 radical (unpaired) electrons. The lowest BCUT2D eigenvalue weighted by molar-refractivity contribution is -0.189. The lowest BCUT2D eigenvalue weighted by atomic mass is 9.90. The Balaban J connectivity index is 2.23. The van der Waals surface area contributed by atoms with E-state index in [1.165, 1.54) is 13.0 Å². The van der Waals surface area contributed by atoms with Crippen molar-refractivity contribution >= 4 is 11.8 Å². The predicted octanol–water partition coefficient (Wildman–Crippen LogP) is 1.96. The summed E-state index contributed by atoms with van der Waals surface area (Å²) in [7, 11) is 0. The van der Waals surface area contributed by atoms with Crippen molar-refractivity contribution in [1.82, 2.24) is 10.6 Å². The number of nitrogens with one attached hydrogen (secondary N) is 2. The first kappa shape index (κ1) is 17.5. The van der Waals surface area contributed by atoms with Gasteiger partial charge in [0.2, 0.25) is 5.91 Å². The molecule has 1 unspecified atom stereocenters. The molecule has 0 aliphatic carbocycles. The number of rotatable bonds is 4. The van der Waals surface area contributed by atoms with Crippen LogP contribution in [0.25, 0.3) is 0 Å². The molecular formula is C16H14F3N3O2. The molecular weight excluding hydrogens is 323 g/mol. The van der Waals surface area contributed by atoms with Crippen LogP contribution >= 0.6 is 0 Å². The molecule has 2 N–H and O–H groups in total. The van der Waals surface area contributed by atoms with E-state index in [0.29, 0.717) is 0 Å². The van der Waals surface area contributed by atoms with Gasteiger partial charge in [0.05, 0.1) is 11.6 Å². The molecule has 0 saturated carbocycles. The zero-order valence-electron chi connectivity index (χ0n) is 12.7. The van der Waals surface area contributed by atoms with Gasteiger partial charge in [-0.25, -0.2) is 0 Å². The normalized spacial score (nSPS) is 20.5. The molecule has 126 valence electrons. The highest BCUT2D eigenvalue weighted by Crippen LogP contribution is 2.40. The first-order valence-corrected chi connectivity index (χ1v) is 7.07. The molecule has 1 aromatic carbocycles. The van der Waals surface area contributed by atoms with E-state index in [0.717, 1.165) is 5.56 Å². The summed E-state index contributed by atoms with van der Waals surface area (Å²) in [5.41, 5.74) is -3.62. The predicted molar refractivity (Wildman–Crippen MR) is 78.1 cm³/mol. The largest absolute Gasteiger partial charge is 0.425 e. The molecule has 1 heterocycles. The summed E-state index contributed by atoms with van der Waals surface area (Å²) >= 11 is 0. The number of amides is 2. The van der Waals surface area contributed by atoms with Crippen molar-refractivity contribution in [3.05, 3.63) is 47.2 Å². The molecule has 0 spiro atoms. The first-order valence-electron chi connectivity index (χ1n) is 7.07. The van der Waals surface area contributed by atoms with Crippen molar-refractivity contribution in [2.75, 3.05) is 0 Å². The summed E-state index contributed by atoms with van der Waals surface area (Å²) in [6.07, 6.45) is -5.16. The van der Waals surface area contributed by atoms with Gasteiger partial charge in [-0.05, 0) is 18.9 Å². The Morgan fingerprint density at radius 3 is 2.50 bits per heavy atom. The van der Waals surface area contributed by atoms with Crippen molar-refractivity contribution in [1.29, 1.82) is 5.26 Å². The van der Waals surface area contributed by atoms with Crippen LogP contribution in [0.3, 0.4) is 0 Å². The quantitative estimate of drug-likeness (QED) is 0.881. The molecule has 2 amide bonds. The van der Waals surface area contributed by atoms with E-state index in [1.54, 1.807) is 35.6 Å². The van der Waals surface area contributed by atoms with E-state index in [-0.39, 0.29) is 18.5 Å². The number of allylic oxidation sites excluding steroid dienone is 1. The van der Waals surface area contributed by atoms with Crippen LogP contribution in [0.2, 0.25) is 0 Å². The highest BCUT2D eigenvalue weighted by atomic mass is 19.4. The molecule has 1 aromatic rings. The second-order valence-corrected chi connectivity index (χ2v) is 5.35. The molecule has 0 saturated heterocycles. The molecule has 0 aromatic heterocycles. The van der Waals surface area contributed by atoms with Crippen LogP contribution in [-0.2, 0) is 16.0 Å². The molecule has 1 atom stereocenters. The SMILES string of the molecule is CC1=C(C#N)C(NC(=O)CCc2ccccc2)(C(F)(F)F)C(=O)N1. The smallest absolute Gasteiger partial charge is 0.330 e. The topological polar surface area (TPSA) is 82.0 Å². The molecule has 0 fully saturated rings. The highest BCUT2D eigenvalue weighted by molar-refractivity contribution is 6.00. The van der Waals surface area contributed by atoms with Crippen molar-refractivity contribution in [2.45, 2.75) is 31.5 Å². The van der Waals surface area contributed by atoms with Crippen molar-refractivity contribution in [3.63, 3.8) is 0 Å². The molecule has 8 heteroatoms. The highest BCUT2D eigenvalue weighted by Gasteiger charge is 2.67. The zero-order valence-corrected chi connectivity index (χ0v) is 12.7. The van der Waals surface area contributed by atoms with Gasteiger partial charge in [-0.3, -0.25) is 9.59 Å². The van der Waals surface area contributed by atoms with E-state index >= 15 is 0 Å². The number of hydrogen-bond acceptors (Lipinski definition) is 3. The fourth-order valence-corrected chi connectivity index (χ4v) is 2.52. The average Bonchev–Trinajstić information content (AvgIpc) is 2.76. The zero-order chi connectivity index (χ0) is 18.0. The number of halogens is 3. The van der Waals surface area contributed by atoms with Crippen LogP contribution in [0, 0.1) is 11.3 Å². The van der Waals surface area contributed by atoms with Crippen LogP contribution in [0.5, 0.6) is 0 Å². The van der Waals surface area contributed by atoms with Gasteiger partial charge in [0, 0.05) is 12.1 Å². The first-order chi connectivity index (χ1) is 11.2. The Labute approximate surface area is 136 Å². The van der Waals surface area contributed by atoms with Crippen LogP contribution in [0.1, 0.15) is 18.9 Å². The van der Waals surface area contributed by atoms with Gasteiger partial charge in [0.25, 0.3) is 11.4 Å². The minimum atomic E-state index is -5.14. The Morgan fingerprint density at radius 2 is 1.96 bits per heavy atom. The van der Waals surface area contributed by atoms with Gasteiger partial charge in [0.1, 0.15) is 0 Å². The minimum absolute atomic E-state index is 0.215. The fourth-order valence-electron chi connectivity index (χ4n) is 2.52. The summed E-state index contributed by atoms with van der Waals surface area (Å²) in [4.78, 5) is 23.9. The third kappa shape index (κ3) is 2.97. The van der Waals surface area contributed by atoms with Crippen LogP contribution in [-0.4, -0.2) is 23.5 Å². The average molecular weight is 337 g/mol. The van der Waals surface area contributed by atoms with E-state index in [4.69, 9.17) is 5.26 Å². The van der Waals surface area contributed by atoms with Crippen LogP contribution in [0.15, 0.2) is 41.6 Å². The Bertz CT molecular complexity index is 735. The molecule has 1 aliphatic rings. The van der Waals surface area contributed by atoms with Crippen molar-refractivity contribution < 1.29 is 22.8 Å². The lowest BCUT2D eigenvalue weighted by Crippen LogP contribution is -2.64. The number of nitriles is 1. The van der Waals surface area contributed by atoms with Crippen molar-refractivity contribution in [2.24, 2.45) is 0 Å². The van der Waals surface area contributed by atoms with E-state index in [2.05, 4.69) is 0 Å². The third-order valence-corrected chi connectivity index (χ3v) is 3.74. The number of nitrogens with zero attached hydrogens (tertiary/aromatic N) is 1. The Morgan fingerprint density at radius 1 is 1.33 bits per heavy atom. The summed E-state index contributed by atoms with van der Waals surface area (Å²) in [5.74, 6) is -2.44. The number of carbonyl (C=O) groups is 2. The van der Waals surface area contributed by atoms with E-state index in [9.17, 15) is 22.8 Å². The number of benzene rings is 1. The number of alkyl halides is 3. The number of hydrogen-bond donors (Lipinski definition) is 2. The van der Waals surface area contributed by atoms with Crippen LogP contribution in [0.4, 0.5) is 13.2 Å². The molecule has 5 nitrogen and oxygen atoms in total. The van der Waals surface area contributed by atoms with Gasteiger partial charge >= 0.3 is 6.18 Å². The maximum Gasteiger partial charge on any atom is 0.425 e. The van der Waals surface area contributed by atoms with Gasteiger partial charge in [0.15, 0.2) is 0 Å². The summed E-state index contributed by atoms with van der Waals surface area (Å²) < 4.78 is 40.6. The molecule has 2 rings (SSSR count). The van der Waals surface area contributed by atoms with E-state index in [1.807, 2.05) is 5.32 Å².